The zero-order valence-electron chi connectivity index (χ0n) is 19.5. The van der Waals surface area contributed by atoms with Crippen LogP contribution in [0.5, 0.6) is 0 Å². The van der Waals surface area contributed by atoms with E-state index in [4.69, 9.17) is 9.47 Å². The molecule has 35 heavy (non-hydrogen) atoms. The third-order valence-corrected chi connectivity index (χ3v) is 7.49. The molecule has 0 aromatic heterocycles. The Balaban J connectivity index is 1.11. The lowest BCUT2D eigenvalue weighted by atomic mass is 9.97. The maximum atomic E-state index is 12.6. The van der Waals surface area contributed by atoms with Crippen LogP contribution in [0.4, 0.5) is 4.79 Å². The van der Waals surface area contributed by atoms with E-state index in [9.17, 15) is 19.5 Å². The molecule has 0 bridgehead atoms. The second kappa shape index (κ2) is 9.70. The second-order valence-corrected chi connectivity index (χ2v) is 9.79. The van der Waals surface area contributed by atoms with Gasteiger partial charge in [0, 0.05) is 31.4 Å². The van der Waals surface area contributed by atoms with E-state index < -0.39 is 17.6 Å². The maximum Gasteiger partial charge on any atom is 0.407 e. The van der Waals surface area contributed by atoms with Gasteiger partial charge in [-0.25, -0.2) is 9.59 Å². The van der Waals surface area contributed by atoms with E-state index in [1.807, 2.05) is 24.3 Å². The van der Waals surface area contributed by atoms with Gasteiger partial charge in [0.05, 0.1) is 6.61 Å². The molecular weight excluding hydrogens is 448 g/mol. The molecule has 8 heteroatoms. The molecule has 1 aliphatic heterocycles. The van der Waals surface area contributed by atoms with Gasteiger partial charge in [-0.2, -0.15) is 0 Å². The van der Waals surface area contributed by atoms with Crippen molar-refractivity contribution in [2.24, 2.45) is 5.92 Å². The number of hydrogen-bond acceptors (Lipinski definition) is 5. The third-order valence-electron chi connectivity index (χ3n) is 7.49. The Bertz CT molecular complexity index is 1080. The molecule has 2 aromatic carbocycles. The van der Waals surface area contributed by atoms with Crippen molar-refractivity contribution in [3.8, 4) is 11.1 Å². The fourth-order valence-electron chi connectivity index (χ4n) is 5.66. The molecule has 0 radical (unpaired) electrons. The van der Waals surface area contributed by atoms with Crippen LogP contribution in [0.3, 0.4) is 0 Å². The van der Waals surface area contributed by atoms with Crippen molar-refractivity contribution >= 4 is 18.0 Å². The molecule has 2 fully saturated rings. The van der Waals surface area contributed by atoms with Crippen LogP contribution in [-0.4, -0.2) is 54.5 Å². The number of carbonyl (C=O) groups is 3. The zero-order valence-corrected chi connectivity index (χ0v) is 19.5. The first-order chi connectivity index (χ1) is 16.9. The summed E-state index contributed by atoms with van der Waals surface area (Å²) in [4.78, 5) is 36.7. The molecule has 1 saturated carbocycles. The fraction of sp³-hybridized carbons (Fsp3) is 0.444. The predicted octanol–water partition coefficient (Wildman–Crippen LogP) is 3.44. The Morgan fingerprint density at radius 3 is 2.34 bits per heavy atom. The molecule has 1 heterocycles. The van der Waals surface area contributed by atoms with Crippen molar-refractivity contribution < 1.29 is 29.0 Å². The van der Waals surface area contributed by atoms with Crippen LogP contribution < -0.4 is 10.6 Å². The maximum absolute atomic E-state index is 12.6. The minimum atomic E-state index is -1.32. The number of amides is 2. The average molecular weight is 479 g/mol. The number of hydrogen-bond donors (Lipinski definition) is 3. The molecular formula is C27H30N2O6. The van der Waals surface area contributed by atoms with Crippen LogP contribution in [0.15, 0.2) is 48.5 Å². The van der Waals surface area contributed by atoms with Crippen molar-refractivity contribution in [2.45, 2.75) is 49.6 Å². The van der Waals surface area contributed by atoms with E-state index in [-0.39, 0.29) is 49.8 Å². The van der Waals surface area contributed by atoms with E-state index >= 15 is 0 Å². The van der Waals surface area contributed by atoms with E-state index in [1.54, 1.807) is 0 Å². The SMILES string of the molecule is O=C(C[C@@H]1CC[C@H](NC(=O)OCC2c3ccccc3-c3ccccc32)C1)NC1(C(=O)O)CCOC1. The van der Waals surface area contributed by atoms with Gasteiger partial charge in [-0.1, -0.05) is 48.5 Å². The van der Waals surface area contributed by atoms with Crippen LogP contribution in [0.2, 0.25) is 0 Å². The van der Waals surface area contributed by atoms with Gasteiger partial charge in [0.25, 0.3) is 0 Å². The first kappa shape index (κ1) is 23.4. The molecule has 1 unspecified atom stereocenters. The lowest BCUT2D eigenvalue weighted by molar-refractivity contribution is -0.147. The summed E-state index contributed by atoms with van der Waals surface area (Å²) in [6, 6.07) is 16.3. The summed E-state index contributed by atoms with van der Waals surface area (Å²) in [7, 11) is 0. The van der Waals surface area contributed by atoms with Crippen molar-refractivity contribution in [1.29, 1.82) is 0 Å². The number of carboxylic acids is 1. The molecule has 3 N–H and O–H groups in total. The predicted molar refractivity (Wildman–Crippen MR) is 128 cm³/mol. The highest BCUT2D eigenvalue weighted by Crippen LogP contribution is 2.44. The number of nitrogens with one attached hydrogen (secondary N) is 2. The largest absolute Gasteiger partial charge is 0.479 e. The van der Waals surface area contributed by atoms with Gasteiger partial charge in [0.1, 0.15) is 6.61 Å². The third kappa shape index (κ3) is 4.75. The molecule has 184 valence electrons. The van der Waals surface area contributed by atoms with Gasteiger partial charge in [0.15, 0.2) is 5.54 Å². The Kier molecular flexibility index (Phi) is 6.47. The monoisotopic (exact) mass is 478 g/mol. The number of benzene rings is 2. The highest BCUT2D eigenvalue weighted by Gasteiger charge is 2.44. The number of fused-ring (bicyclic) bond motifs is 3. The van der Waals surface area contributed by atoms with E-state index in [1.165, 1.54) is 22.3 Å². The summed E-state index contributed by atoms with van der Waals surface area (Å²) in [5, 5.41) is 15.1. The Labute approximate surface area is 204 Å². The number of carbonyl (C=O) groups excluding carboxylic acids is 2. The summed E-state index contributed by atoms with van der Waals surface area (Å²) in [5.74, 6) is -1.26. The molecule has 2 aromatic rings. The van der Waals surface area contributed by atoms with Gasteiger partial charge in [-0.05, 0) is 47.4 Å². The highest BCUT2D eigenvalue weighted by molar-refractivity contribution is 5.87. The number of aliphatic carboxylic acids is 1. The quantitative estimate of drug-likeness (QED) is 0.562. The van der Waals surface area contributed by atoms with Gasteiger partial charge < -0.3 is 25.2 Å². The van der Waals surface area contributed by atoms with Crippen LogP contribution in [0.1, 0.15) is 49.1 Å². The molecule has 3 atom stereocenters. The smallest absolute Gasteiger partial charge is 0.407 e. The van der Waals surface area contributed by atoms with E-state index in [2.05, 4.69) is 34.9 Å². The van der Waals surface area contributed by atoms with Crippen LogP contribution in [0.25, 0.3) is 11.1 Å². The van der Waals surface area contributed by atoms with Crippen LogP contribution in [-0.2, 0) is 19.1 Å². The first-order valence-electron chi connectivity index (χ1n) is 12.2. The summed E-state index contributed by atoms with van der Waals surface area (Å²) in [5.41, 5.74) is 3.38. The fourth-order valence-corrected chi connectivity index (χ4v) is 5.66. The second-order valence-electron chi connectivity index (χ2n) is 9.79. The molecule has 1 saturated heterocycles. The summed E-state index contributed by atoms with van der Waals surface area (Å²) < 4.78 is 10.8. The minimum absolute atomic E-state index is 0.00861. The highest BCUT2D eigenvalue weighted by atomic mass is 16.5. The van der Waals surface area contributed by atoms with Crippen molar-refractivity contribution in [2.75, 3.05) is 19.8 Å². The standard InChI is InChI=1S/C27H30N2O6/c30-24(29-27(25(31)32)11-12-34-16-27)14-17-9-10-18(13-17)28-26(33)35-15-23-21-7-3-1-5-19(21)20-6-2-4-8-22(20)23/h1-8,17-18,23H,9-16H2,(H,28,33)(H,29,30)(H,31,32)/t17-,18+,27?/m1/s1. The van der Waals surface area contributed by atoms with E-state index in [0.717, 1.165) is 12.8 Å². The number of ether oxygens (including phenoxy) is 2. The van der Waals surface area contributed by atoms with Crippen molar-refractivity contribution in [3.63, 3.8) is 0 Å². The number of alkyl carbamates (subject to hydrolysis) is 1. The van der Waals surface area contributed by atoms with Crippen molar-refractivity contribution in [1.82, 2.24) is 10.6 Å². The molecule has 8 nitrogen and oxygen atoms in total. The van der Waals surface area contributed by atoms with Gasteiger partial charge in [0.2, 0.25) is 5.91 Å². The van der Waals surface area contributed by atoms with Gasteiger partial charge in [-0.3, -0.25) is 4.79 Å². The number of carboxylic acid groups (broad SMARTS) is 1. The number of rotatable bonds is 7. The lowest BCUT2D eigenvalue weighted by Crippen LogP contribution is -2.55. The van der Waals surface area contributed by atoms with Crippen LogP contribution >= 0.6 is 0 Å². The van der Waals surface area contributed by atoms with Crippen molar-refractivity contribution in [3.05, 3.63) is 59.7 Å². The summed E-state index contributed by atoms with van der Waals surface area (Å²) in [6.07, 6.45) is 2.26. The Morgan fingerprint density at radius 1 is 1.03 bits per heavy atom. The minimum Gasteiger partial charge on any atom is -0.479 e. The molecule has 2 amide bonds. The normalized spacial score (nSPS) is 25.0. The zero-order chi connectivity index (χ0) is 24.4. The van der Waals surface area contributed by atoms with Gasteiger partial charge >= 0.3 is 12.1 Å². The Hall–Kier alpha value is -3.39. The molecule has 5 rings (SSSR count). The van der Waals surface area contributed by atoms with E-state index in [0.29, 0.717) is 13.0 Å². The molecule has 3 aliphatic rings. The van der Waals surface area contributed by atoms with Crippen LogP contribution in [0, 0.1) is 5.92 Å². The topological polar surface area (TPSA) is 114 Å². The average Bonchev–Trinajstić information content (AvgIpc) is 3.56. The molecule has 2 aliphatic carbocycles. The summed E-state index contributed by atoms with van der Waals surface area (Å²) in [6.45, 7) is 0.574. The molecule has 0 spiro atoms. The lowest BCUT2D eigenvalue weighted by Gasteiger charge is -2.24. The Morgan fingerprint density at radius 2 is 1.71 bits per heavy atom. The first-order valence-corrected chi connectivity index (χ1v) is 12.2. The van der Waals surface area contributed by atoms with Gasteiger partial charge in [-0.15, -0.1) is 0 Å². The summed E-state index contributed by atoms with van der Waals surface area (Å²) >= 11 is 0.